The fourth-order valence-corrected chi connectivity index (χ4v) is 1.14. The summed E-state index contributed by atoms with van der Waals surface area (Å²) in [6.07, 6.45) is 0. The summed E-state index contributed by atoms with van der Waals surface area (Å²) in [6.45, 7) is -2.37. The van der Waals surface area contributed by atoms with Crippen LogP contribution in [0.4, 0.5) is 14.5 Å². The number of ether oxygens (including phenoxy) is 1. The first-order chi connectivity index (χ1) is 6.63. The van der Waals surface area contributed by atoms with E-state index in [1.54, 1.807) is 13.1 Å². The molecule has 0 amide bonds. The molecule has 3 N–H and O–H groups in total. The molecule has 0 aromatic heterocycles. The first-order valence-corrected chi connectivity index (χ1v) is 4.11. The zero-order valence-electron chi connectivity index (χ0n) is 8.57. The Labute approximate surface area is 105 Å². The molecule has 0 bridgehead atoms. The smallest absolute Gasteiger partial charge is 0.387 e. The topological polar surface area (TPSA) is 47.3 Å². The van der Waals surface area contributed by atoms with Crippen molar-refractivity contribution in [3.63, 3.8) is 0 Å². The zero-order valence-corrected chi connectivity index (χ0v) is 10.2. The Morgan fingerprint density at radius 3 is 2.50 bits per heavy atom. The third kappa shape index (κ3) is 5.34. The van der Waals surface area contributed by atoms with E-state index in [1.807, 2.05) is 0 Å². The molecular formula is C9H14Cl2F2N2O. The van der Waals surface area contributed by atoms with Crippen LogP contribution >= 0.6 is 24.8 Å². The average molecular weight is 275 g/mol. The Morgan fingerprint density at radius 1 is 1.38 bits per heavy atom. The highest BCUT2D eigenvalue weighted by atomic mass is 35.5. The quantitative estimate of drug-likeness (QED) is 0.830. The Balaban J connectivity index is 0. The lowest BCUT2D eigenvalue weighted by molar-refractivity contribution is -0.0504. The van der Waals surface area contributed by atoms with Gasteiger partial charge in [-0.25, -0.2) is 0 Å². The summed E-state index contributed by atoms with van der Waals surface area (Å²) in [4.78, 5) is 0. The van der Waals surface area contributed by atoms with Gasteiger partial charge in [-0.15, -0.1) is 24.8 Å². The number of hydrogen-bond acceptors (Lipinski definition) is 3. The SMILES string of the molecule is CNCc1cc(N)ccc1OC(F)F.Cl.Cl. The molecular weight excluding hydrogens is 261 g/mol. The van der Waals surface area contributed by atoms with Gasteiger partial charge in [-0.1, -0.05) is 0 Å². The van der Waals surface area contributed by atoms with Crippen molar-refractivity contribution >= 4 is 30.5 Å². The molecule has 1 aromatic carbocycles. The number of benzene rings is 1. The number of anilines is 1. The molecule has 0 saturated carbocycles. The van der Waals surface area contributed by atoms with Gasteiger partial charge < -0.3 is 15.8 Å². The summed E-state index contributed by atoms with van der Waals surface area (Å²) in [5, 5.41) is 2.84. The predicted molar refractivity (Wildman–Crippen MR) is 64.7 cm³/mol. The normalized spacial score (nSPS) is 9.25. The molecule has 1 aromatic rings. The maximum atomic E-state index is 12.0. The lowest BCUT2D eigenvalue weighted by atomic mass is 10.2. The number of rotatable bonds is 4. The van der Waals surface area contributed by atoms with Gasteiger partial charge in [0.2, 0.25) is 0 Å². The molecule has 94 valence electrons. The highest BCUT2D eigenvalue weighted by molar-refractivity contribution is 5.85. The molecule has 16 heavy (non-hydrogen) atoms. The monoisotopic (exact) mass is 274 g/mol. The van der Waals surface area contributed by atoms with E-state index in [0.29, 0.717) is 17.8 Å². The minimum atomic E-state index is -2.81. The van der Waals surface area contributed by atoms with Gasteiger partial charge in [0.15, 0.2) is 0 Å². The van der Waals surface area contributed by atoms with Gasteiger partial charge in [0, 0.05) is 17.8 Å². The van der Waals surface area contributed by atoms with Crippen molar-refractivity contribution in [3.8, 4) is 5.75 Å². The molecule has 0 aliphatic rings. The number of nitrogens with one attached hydrogen (secondary N) is 1. The van der Waals surface area contributed by atoms with Crippen molar-refractivity contribution < 1.29 is 13.5 Å². The molecule has 0 radical (unpaired) electrons. The summed E-state index contributed by atoms with van der Waals surface area (Å²) in [7, 11) is 1.72. The van der Waals surface area contributed by atoms with E-state index in [4.69, 9.17) is 5.73 Å². The van der Waals surface area contributed by atoms with E-state index in [2.05, 4.69) is 10.1 Å². The molecule has 1 rings (SSSR count). The zero-order chi connectivity index (χ0) is 10.6. The van der Waals surface area contributed by atoms with Gasteiger partial charge >= 0.3 is 6.61 Å². The van der Waals surface area contributed by atoms with Crippen LogP contribution in [0.25, 0.3) is 0 Å². The van der Waals surface area contributed by atoms with Crippen molar-refractivity contribution in [3.05, 3.63) is 23.8 Å². The highest BCUT2D eigenvalue weighted by Crippen LogP contribution is 2.22. The van der Waals surface area contributed by atoms with Crippen LogP contribution < -0.4 is 15.8 Å². The van der Waals surface area contributed by atoms with Gasteiger partial charge in [0.1, 0.15) is 5.75 Å². The maximum Gasteiger partial charge on any atom is 0.387 e. The summed E-state index contributed by atoms with van der Waals surface area (Å²) < 4.78 is 28.3. The summed E-state index contributed by atoms with van der Waals surface area (Å²) >= 11 is 0. The molecule has 7 heteroatoms. The summed E-state index contributed by atoms with van der Waals surface area (Å²) in [6, 6.07) is 4.57. The van der Waals surface area contributed by atoms with Crippen LogP contribution in [-0.2, 0) is 6.54 Å². The summed E-state index contributed by atoms with van der Waals surface area (Å²) in [5.74, 6) is 0.156. The number of alkyl halides is 2. The second-order valence-corrected chi connectivity index (χ2v) is 2.78. The van der Waals surface area contributed by atoms with Crippen LogP contribution in [0.1, 0.15) is 5.56 Å². The number of nitrogen functional groups attached to an aromatic ring is 1. The van der Waals surface area contributed by atoms with Crippen molar-refractivity contribution in [2.45, 2.75) is 13.2 Å². The summed E-state index contributed by atoms with van der Waals surface area (Å²) in [5.41, 5.74) is 6.66. The minimum Gasteiger partial charge on any atom is -0.434 e. The Hall–Kier alpha value is -0.780. The van der Waals surface area contributed by atoms with Gasteiger partial charge in [-0.3, -0.25) is 0 Å². The predicted octanol–water partition coefficient (Wildman–Crippen LogP) is 2.43. The molecule has 0 saturated heterocycles. The van der Waals surface area contributed by atoms with Crippen LogP contribution in [0.5, 0.6) is 5.75 Å². The first-order valence-electron chi connectivity index (χ1n) is 4.11. The standard InChI is InChI=1S/C9H12F2N2O.2ClH/c1-13-5-6-4-7(12)2-3-8(6)14-9(10)11;;/h2-4,9,13H,5,12H2,1H3;2*1H. The van der Waals surface area contributed by atoms with Crippen molar-refractivity contribution in [2.75, 3.05) is 12.8 Å². The second kappa shape index (κ2) is 8.38. The molecule has 0 fully saturated rings. The number of nitrogens with two attached hydrogens (primary N) is 1. The van der Waals surface area contributed by atoms with E-state index < -0.39 is 6.61 Å². The molecule has 3 nitrogen and oxygen atoms in total. The maximum absolute atomic E-state index is 12.0. The second-order valence-electron chi connectivity index (χ2n) is 2.78. The fourth-order valence-electron chi connectivity index (χ4n) is 1.14. The van der Waals surface area contributed by atoms with E-state index in [1.165, 1.54) is 12.1 Å². The van der Waals surface area contributed by atoms with Gasteiger partial charge in [-0.2, -0.15) is 8.78 Å². The first kappa shape index (κ1) is 17.6. The lowest BCUT2D eigenvalue weighted by Gasteiger charge is -2.10. The van der Waals surface area contributed by atoms with Crippen molar-refractivity contribution in [2.24, 2.45) is 0 Å². The van der Waals surface area contributed by atoms with E-state index >= 15 is 0 Å². The van der Waals surface area contributed by atoms with E-state index in [-0.39, 0.29) is 30.6 Å². The van der Waals surface area contributed by atoms with Crippen LogP contribution in [0.15, 0.2) is 18.2 Å². The van der Waals surface area contributed by atoms with E-state index in [9.17, 15) is 8.78 Å². The van der Waals surface area contributed by atoms with Crippen LogP contribution in [0.2, 0.25) is 0 Å². The minimum absolute atomic E-state index is 0. The Morgan fingerprint density at radius 2 is 2.00 bits per heavy atom. The Bertz CT molecular complexity index is 314. The third-order valence-electron chi connectivity index (χ3n) is 1.67. The third-order valence-corrected chi connectivity index (χ3v) is 1.67. The molecule has 0 heterocycles. The molecule has 0 unspecified atom stereocenters. The molecule has 0 spiro atoms. The molecule has 0 aliphatic heterocycles. The largest absolute Gasteiger partial charge is 0.434 e. The van der Waals surface area contributed by atoms with Crippen LogP contribution in [0, 0.1) is 0 Å². The van der Waals surface area contributed by atoms with Crippen molar-refractivity contribution in [1.82, 2.24) is 5.32 Å². The average Bonchev–Trinajstić information content (AvgIpc) is 2.09. The van der Waals surface area contributed by atoms with Gasteiger partial charge in [0.25, 0.3) is 0 Å². The Kier molecular flexibility index (Phi) is 9.22. The number of hydrogen-bond donors (Lipinski definition) is 2. The van der Waals surface area contributed by atoms with Gasteiger partial charge in [-0.05, 0) is 25.2 Å². The molecule has 0 aliphatic carbocycles. The fraction of sp³-hybridized carbons (Fsp3) is 0.333. The van der Waals surface area contributed by atoms with Crippen LogP contribution in [-0.4, -0.2) is 13.7 Å². The van der Waals surface area contributed by atoms with Crippen molar-refractivity contribution in [1.29, 1.82) is 0 Å². The molecule has 0 atom stereocenters. The highest BCUT2D eigenvalue weighted by Gasteiger charge is 2.08. The van der Waals surface area contributed by atoms with Crippen LogP contribution in [0.3, 0.4) is 0 Å². The number of halogens is 4. The van der Waals surface area contributed by atoms with E-state index in [0.717, 1.165) is 0 Å². The lowest BCUT2D eigenvalue weighted by Crippen LogP contribution is -2.10. The van der Waals surface area contributed by atoms with Gasteiger partial charge in [0.05, 0.1) is 0 Å².